The van der Waals surface area contributed by atoms with Gasteiger partial charge in [-0.05, 0) is 45.0 Å². The van der Waals surface area contributed by atoms with Crippen LogP contribution in [0.2, 0.25) is 0 Å². The Balaban J connectivity index is 1.79. The van der Waals surface area contributed by atoms with Gasteiger partial charge in [0.15, 0.2) is 5.82 Å². The largest absolute Gasteiger partial charge is 0.241 e. The second-order valence-electron chi connectivity index (χ2n) is 6.03. The Hall–Kier alpha value is -3.43. The third kappa shape index (κ3) is 2.75. The van der Waals surface area contributed by atoms with Crippen LogP contribution in [0.5, 0.6) is 0 Å². The van der Waals surface area contributed by atoms with Crippen LogP contribution in [0.4, 0.5) is 4.39 Å². The van der Waals surface area contributed by atoms with Crippen molar-refractivity contribution in [1.29, 1.82) is 0 Å². The minimum absolute atomic E-state index is 0.263. The number of aromatic nitrogens is 9. The number of halogens is 1. The first kappa shape index (κ1) is 16.1. The molecule has 0 bridgehead atoms. The average molecular weight is 353 g/mol. The van der Waals surface area contributed by atoms with Gasteiger partial charge < -0.3 is 0 Å². The predicted molar refractivity (Wildman–Crippen MR) is 90.0 cm³/mol. The number of benzene rings is 1. The molecule has 3 aromatic heterocycles. The van der Waals surface area contributed by atoms with Gasteiger partial charge in [0.2, 0.25) is 0 Å². The monoisotopic (exact) mass is 353 g/mol. The summed E-state index contributed by atoms with van der Waals surface area (Å²) in [5.41, 5.74) is 3.69. The summed E-state index contributed by atoms with van der Waals surface area (Å²) in [4.78, 5) is 0. The molecule has 0 aliphatic carbocycles. The minimum Gasteiger partial charge on any atom is -0.241 e. The van der Waals surface area contributed by atoms with E-state index in [9.17, 15) is 4.39 Å². The summed E-state index contributed by atoms with van der Waals surface area (Å²) in [6, 6.07) is 6.22. The van der Waals surface area contributed by atoms with Gasteiger partial charge in [-0.25, -0.2) is 13.8 Å². The summed E-state index contributed by atoms with van der Waals surface area (Å²) in [5.74, 6) is 0.130. The molecule has 0 saturated carbocycles. The number of hydrogen-bond donors (Lipinski definition) is 1. The second kappa shape index (κ2) is 6.14. The van der Waals surface area contributed by atoms with E-state index in [0.717, 1.165) is 17.1 Å². The van der Waals surface area contributed by atoms with Gasteiger partial charge in [0.05, 0.1) is 17.6 Å². The van der Waals surface area contributed by atoms with E-state index in [1.165, 1.54) is 12.1 Å². The molecule has 0 radical (unpaired) electrons. The first-order chi connectivity index (χ1) is 12.5. The molecule has 0 aliphatic rings. The summed E-state index contributed by atoms with van der Waals surface area (Å²) < 4.78 is 17.3. The highest BCUT2D eigenvalue weighted by molar-refractivity contribution is 5.69. The van der Waals surface area contributed by atoms with Crippen LogP contribution in [0.15, 0.2) is 30.5 Å². The lowest BCUT2D eigenvalue weighted by atomic mass is 10.1. The summed E-state index contributed by atoms with van der Waals surface area (Å²) in [6.07, 6.45) is 1.73. The fraction of sp³-hybridized carbons (Fsp3) is 0.250. The standard InChI is InChI=1S/C16H16FN9/c1-9-6-10(2)26(21-9)15-5-4-12(17)7-13(15)14-8-25(24-18-14)11(3)16-19-22-23-20-16/h4-8,11H,1-3H3,(H,19,20,22,23)/t11-/m0/s1. The van der Waals surface area contributed by atoms with E-state index in [1.807, 2.05) is 26.8 Å². The van der Waals surface area contributed by atoms with Gasteiger partial charge in [-0.2, -0.15) is 10.3 Å². The van der Waals surface area contributed by atoms with Crippen molar-refractivity contribution in [2.45, 2.75) is 26.8 Å². The van der Waals surface area contributed by atoms with Crippen molar-refractivity contribution < 1.29 is 4.39 Å². The van der Waals surface area contributed by atoms with Crippen molar-refractivity contribution in [3.8, 4) is 16.9 Å². The second-order valence-corrected chi connectivity index (χ2v) is 6.03. The molecule has 0 spiro atoms. The molecule has 0 unspecified atom stereocenters. The number of aromatic amines is 1. The van der Waals surface area contributed by atoms with Crippen LogP contribution in [0.1, 0.15) is 30.2 Å². The van der Waals surface area contributed by atoms with Gasteiger partial charge in [-0.3, -0.25) is 0 Å². The van der Waals surface area contributed by atoms with Gasteiger partial charge in [-0.1, -0.05) is 10.4 Å². The SMILES string of the molecule is Cc1cc(C)n(-c2ccc(F)cc2-c2cn([C@@H](C)c3nn[nH]n3)nn2)n1. The van der Waals surface area contributed by atoms with Crippen molar-refractivity contribution in [3.63, 3.8) is 0 Å². The number of nitrogens with zero attached hydrogens (tertiary/aromatic N) is 8. The van der Waals surface area contributed by atoms with E-state index < -0.39 is 0 Å². The lowest BCUT2D eigenvalue weighted by Crippen LogP contribution is -2.09. The zero-order chi connectivity index (χ0) is 18.3. The predicted octanol–water partition coefficient (Wildman–Crippen LogP) is 2.01. The van der Waals surface area contributed by atoms with Crippen LogP contribution in [-0.2, 0) is 0 Å². The molecule has 132 valence electrons. The Kier molecular flexibility index (Phi) is 3.79. The molecule has 10 heteroatoms. The van der Waals surface area contributed by atoms with Gasteiger partial charge in [0.25, 0.3) is 0 Å². The lowest BCUT2D eigenvalue weighted by molar-refractivity contribution is 0.519. The maximum Gasteiger partial charge on any atom is 0.198 e. The zero-order valence-electron chi connectivity index (χ0n) is 14.4. The maximum absolute atomic E-state index is 13.9. The van der Waals surface area contributed by atoms with Crippen LogP contribution in [0, 0.1) is 19.7 Å². The van der Waals surface area contributed by atoms with Gasteiger partial charge in [0, 0.05) is 11.3 Å². The smallest absolute Gasteiger partial charge is 0.198 e. The Labute approximate surface area is 147 Å². The highest BCUT2D eigenvalue weighted by atomic mass is 19.1. The average Bonchev–Trinajstić information content (AvgIpc) is 3.35. The number of tetrazole rings is 1. The molecule has 0 aliphatic heterocycles. The molecule has 3 heterocycles. The lowest BCUT2D eigenvalue weighted by Gasteiger charge is -2.10. The van der Waals surface area contributed by atoms with E-state index in [4.69, 9.17) is 0 Å². The molecule has 4 aromatic rings. The van der Waals surface area contributed by atoms with E-state index in [-0.39, 0.29) is 11.9 Å². The number of nitrogens with one attached hydrogen (secondary N) is 1. The number of H-pyrrole nitrogens is 1. The summed E-state index contributed by atoms with van der Waals surface area (Å²) in [5, 5.41) is 26.7. The van der Waals surface area contributed by atoms with Crippen LogP contribution < -0.4 is 0 Å². The van der Waals surface area contributed by atoms with Crippen LogP contribution in [0.25, 0.3) is 16.9 Å². The Bertz CT molecular complexity index is 1050. The van der Waals surface area contributed by atoms with Crippen LogP contribution >= 0.6 is 0 Å². The van der Waals surface area contributed by atoms with Crippen LogP contribution in [-0.4, -0.2) is 45.4 Å². The van der Waals surface area contributed by atoms with E-state index in [2.05, 4.69) is 36.0 Å². The normalized spacial score (nSPS) is 12.5. The highest BCUT2D eigenvalue weighted by Gasteiger charge is 2.18. The molecule has 9 nitrogen and oxygen atoms in total. The van der Waals surface area contributed by atoms with E-state index >= 15 is 0 Å². The van der Waals surface area contributed by atoms with Crippen molar-refractivity contribution in [2.75, 3.05) is 0 Å². The number of rotatable bonds is 4. The number of hydrogen-bond acceptors (Lipinski definition) is 6. The molecule has 0 fully saturated rings. The third-order valence-corrected chi connectivity index (χ3v) is 4.11. The molecule has 0 saturated heterocycles. The quantitative estimate of drug-likeness (QED) is 0.602. The van der Waals surface area contributed by atoms with Crippen molar-refractivity contribution >= 4 is 0 Å². The molecular weight excluding hydrogens is 337 g/mol. The summed E-state index contributed by atoms with van der Waals surface area (Å²) in [6.45, 7) is 5.73. The van der Waals surface area contributed by atoms with Crippen LogP contribution in [0.3, 0.4) is 0 Å². The first-order valence-electron chi connectivity index (χ1n) is 8.01. The molecule has 1 atom stereocenters. The van der Waals surface area contributed by atoms with E-state index in [0.29, 0.717) is 17.1 Å². The fourth-order valence-electron chi connectivity index (χ4n) is 2.83. The first-order valence-corrected chi connectivity index (χ1v) is 8.01. The van der Waals surface area contributed by atoms with Crippen molar-refractivity contribution in [1.82, 2.24) is 45.4 Å². The Morgan fingerprint density at radius 1 is 1.15 bits per heavy atom. The van der Waals surface area contributed by atoms with Crippen molar-refractivity contribution in [3.05, 3.63) is 53.5 Å². The summed E-state index contributed by atoms with van der Waals surface area (Å²) in [7, 11) is 0. The molecule has 0 amide bonds. The molecule has 4 rings (SSSR count). The van der Waals surface area contributed by atoms with Gasteiger partial charge in [0.1, 0.15) is 17.6 Å². The number of aryl methyl sites for hydroxylation is 2. The highest BCUT2D eigenvalue weighted by Crippen LogP contribution is 2.27. The Morgan fingerprint density at radius 3 is 2.69 bits per heavy atom. The molecule has 1 N–H and O–H groups in total. The Morgan fingerprint density at radius 2 is 2.00 bits per heavy atom. The van der Waals surface area contributed by atoms with Crippen molar-refractivity contribution in [2.24, 2.45) is 0 Å². The minimum atomic E-state index is -0.356. The van der Waals surface area contributed by atoms with Gasteiger partial charge >= 0.3 is 0 Å². The van der Waals surface area contributed by atoms with E-state index in [1.54, 1.807) is 21.6 Å². The fourth-order valence-corrected chi connectivity index (χ4v) is 2.83. The van der Waals surface area contributed by atoms with Gasteiger partial charge in [-0.15, -0.1) is 15.3 Å². The molecular formula is C16H16FN9. The topological polar surface area (TPSA) is 103 Å². The third-order valence-electron chi connectivity index (χ3n) is 4.11. The molecule has 26 heavy (non-hydrogen) atoms. The summed E-state index contributed by atoms with van der Waals surface area (Å²) >= 11 is 0. The molecule has 1 aromatic carbocycles. The zero-order valence-corrected chi connectivity index (χ0v) is 14.4. The maximum atomic E-state index is 13.9.